The molecule has 1 fully saturated rings. The summed E-state index contributed by atoms with van der Waals surface area (Å²) in [6, 6.07) is 10.9. The van der Waals surface area contributed by atoms with E-state index in [2.05, 4.69) is 18.6 Å². The number of sulfonamides is 1. The molecule has 172 valence electrons. The van der Waals surface area contributed by atoms with Crippen molar-refractivity contribution < 1.29 is 27.5 Å². The van der Waals surface area contributed by atoms with E-state index in [0.717, 1.165) is 24.5 Å². The number of carbonyl (C=O) groups is 2. The molecule has 7 nitrogen and oxygen atoms in total. The van der Waals surface area contributed by atoms with Crippen LogP contribution in [0, 0.1) is 0 Å². The molecule has 0 radical (unpaired) electrons. The van der Waals surface area contributed by atoms with Gasteiger partial charge in [-0.15, -0.1) is 0 Å². The van der Waals surface area contributed by atoms with Crippen molar-refractivity contribution in [2.45, 2.75) is 43.6 Å². The SMILES string of the molecule is CC(C)c1ccc(C(=O)COC(=O)c2ccc(Cl)c(S(=O)(=O)NCC3CCCO3)c2)cc1. The van der Waals surface area contributed by atoms with Crippen LogP contribution in [0.5, 0.6) is 0 Å². The van der Waals surface area contributed by atoms with E-state index in [1.165, 1.54) is 12.1 Å². The summed E-state index contributed by atoms with van der Waals surface area (Å²) >= 11 is 6.07. The predicted octanol–water partition coefficient (Wildman–Crippen LogP) is 3.96. The Bertz CT molecular complexity index is 1080. The second kappa shape index (κ2) is 10.6. The number of ketones is 1. The third kappa shape index (κ3) is 6.16. The molecule has 0 amide bonds. The molecular formula is C23H26ClNO6S. The topological polar surface area (TPSA) is 98.8 Å². The van der Waals surface area contributed by atoms with Gasteiger partial charge in [0.05, 0.1) is 16.7 Å². The molecule has 0 aromatic heterocycles. The second-order valence-electron chi connectivity index (χ2n) is 7.91. The van der Waals surface area contributed by atoms with E-state index in [9.17, 15) is 18.0 Å². The normalized spacial score (nSPS) is 16.3. The van der Waals surface area contributed by atoms with Crippen molar-refractivity contribution in [1.82, 2.24) is 4.72 Å². The van der Waals surface area contributed by atoms with E-state index in [0.29, 0.717) is 18.1 Å². The number of hydrogen-bond acceptors (Lipinski definition) is 6. The molecule has 2 aromatic rings. The quantitative estimate of drug-likeness (QED) is 0.431. The molecule has 1 N–H and O–H groups in total. The van der Waals surface area contributed by atoms with E-state index < -0.39 is 22.6 Å². The van der Waals surface area contributed by atoms with Gasteiger partial charge in [-0.1, -0.05) is 49.7 Å². The lowest BCUT2D eigenvalue weighted by Crippen LogP contribution is -2.32. The molecule has 1 unspecified atom stereocenters. The Labute approximate surface area is 193 Å². The predicted molar refractivity (Wildman–Crippen MR) is 121 cm³/mol. The van der Waals surface area contributed by atoms with Crippen LogP contribution < -0.4 is 4.72 Å². The lowest BCUT2D eigenvalue weighted by Gasteiger charge is -2.13. The van der Waals surface area contributed by atoms with Gasteiger partial charge in [-0.2, -0.15) is 0 Å². The fourth-order valence-electron chi connectivity index (χ4n) is 3.27. The first-order valence-corrected chi connectivity index (χ1v) is 12.2. The standard InChI is InChI=1S/C23H26ClNO6S/c1-15(2)16-5-7-17(8-6-16)21(26)14-31-23(27)18-9-10-20(24)22(12-18)32(28,29)25-13-19-4-3-11-30-19/h5-10,12,15,19,25H,3-4,11,13-14H2,1-2H3. The minimum absolute atomic E-state index is 0.0187. The number of ether oxygens (including phenoxy) is 2. The van der Waals surface area contributed by atoms with Crippen molar-refractivity contribution in [1.29, 1.82) is 0 Å². The van der Waals surface area contributed by atoms with Gasteiger partial charge in [0.25, 0.3) is 0 Å². The molecule has 0 saturated carbocycles. The summed E-state index contributed by atoms with van der Waals surface area (Å²) in [7, 11) is -3.96. The Morgan fingerprint density at radius 2 is 1.84 bits per heavy atom. The van der Waals surface area contributed by atoms with Gasteiger partial charge >= 0.3 is 5.97 Å². The van der Waals surface area contributed by atoms with Crippen molar-refractivity contribution in [2.75, 3.05) is 19.8 Å². The smallest absolute Gasteiger partial charge is 0.338 e. The highest BCUT2D eigenvalue weighted by atomic mass is 35.5. The van der Waals surface area contributed by atoms with Crippen LogP contribution in [0.3, 0.4) is 0 Å². The number of hydrogen-bond donors (Lipinski definition) is 1. The van der Waals surface area contributed by atoms with Crippen molar-refractivity contribution in [3.05, 3.63) is 64.2 Å². The highest BCUT2D eigenvalue weighted by Crippen LogP contribution is 2.24. The Morgan fingerprint density at radius 3 is 2.47 bits per heavy atom. The third-order valence-electron chi connectivity index (χ3n) is 5.22. The zero-order valence-electron chi connectivity index (χ0n) is 18.0. The summed E-state index contributed by atoms with van der Waals surface area (Å²) in [5.74, 6) is -0.828. The van der Waals surface area contributed by atoms with Gasteiger partial charge in [-0.3, -0.25) is 4.79 Å². The first-order chi connectivity index (χ1) is 15.2. The number of benzene rings is 2. The molecule has 1 aliphatic heterocycles. The minimum Gasteiger partial charge on any atom is -0.454 e. The van der Waals surface area contributed by atoms with Crippen LogP contribution in [0.4, 0.5) is 0 Å². The monoisotopic (exact) mass is 479 g/mol. The maximum Gasteiger partial charge on any atom is 0.338 e. The Morgan fingerprint density at radius 1 is 1.16 bits per heavy atom. The van der Waals surface area contributed by atoms with E-state index >= 15 is 0 Å². The first kappa shape index (κ1) is 24.4. The van der Waals surface area contributed by atoms with Crippen LogP contribution >= 0.6 is 11.6 Å². The van der Waals surface area contributed by atoms with E-state index in [1.54, 1.807) is 12.1 Å². The number of nitrogens with one attached hydrogen (secondary N) is 1. The van der Waals surface area contributed by atoms with Crippen molar-refractivity contribution in [3.8, 4) is 0 Å². The third-order valence-corrected chi connectivity index (χ3v) is 7.12. The number of Topliss-reactive ketones (excluding diaryl/α,β-unsaturated/α-hetero) is 1. The molecule has 32 heavy (non-hydrogen) atoms. The maximum absolute atomic E-state index is 12.7. The Hall–Kier alpha value is -2.26. The van der Waals surface area contributed by atoms with Crippen LogP contribution in [0.25, 0.3) is 0 Å². The average molecular weight is 480 g/mol. The highest BCUT2D eigenvalue weighted by Gasteiger charge is 2.24. The summed E-state index contributed by atoms with van der Waals surface area (Å²) in [6.45, 7) is 4.38. The first-order valence-electron chi connectivity index (χ1n) is 10.4. The fraction of sp³-hybridized carbons (Fsp3) is 0.391. The molecule has 1 heterocycles. The molecule has 3 rings (SSSR count). The molecule has 9 heteroatoms. The van der Waals surface area contributed by atoms with Gasteiger partial charge < -0.3 is 9.47 Å². The zero-order chi connectivity index (χ0) is 23.3. The molecule has 1 atom stereocenters. The highest BCUT2D eigenvalue weighted by molar-refractivity contribution is 7.89. The van der Waals surface area contributed by atoms with Gasteiger partial charge in [-0.25, -0.2) is 17.9 Å². The molecule has 0 spiro atoms. The average Bonchev–Trinajstić information content (AvgIpc) is 3.30. The number of halogens is 1. The van der Waals surface area contributed by atoms with E-state index in [4.69, 9.17) is 21.1 Å². The molecular weight excluding hydrogens is 454 g/mol. The molecule has 1 saturated heterocycles. The maximum atomic E-state index is 12.7. The fourth-order valence-corrected chi connectivity index (χ4v) is 4.86. The number of carbonyl (C=O) groups excluding carboxylic acids is 2. The summed E-state index contributed by atoms with van der Waals surface area (Å²) in [5, 5.41) is -0.0253. The van der Waals surface area contributed by atoms with Crippen molar-refractivity contribution in [3.63, 3.8) is 0 Å². The molecule has 0 bridgehead atoms. The summed E-state index contributed by atoms with van der Waals surface area (Å²) in [6.07, 6.45) is 1.48. The van der Waals surface area contributed by atoms with Crippen LogP contribution in [0.1, 0.15) is 58.9 Å². The molecule has 1 aliphatic rings. The number of rotatable bonds is 9. The minimum atomic E-state index is -3.96. The lowest BCUT2D eigenvalue weighted by atomic mass is 10.0. The van der Waals surface area contributed by atoms with Gasteiger partial charge in [0, 0.05) is 18.7 Å². The van der Waals surface area contributed by atoms with Crippen LogP contribution in [0.15, 0.2) is 47.4 Å². The van der Waals surface area contributed by atoms with Gasteiger partial charge in [0.2, 0.25) is 10.0 Å². The van der Waals surface area contributed by atoms with Gasteiger partial charge in [0.1, 0.15) is 4.90 Å². The largest absolute Gasteiger partial charge is 0.454 e. The van der Waals surface area contributed by atoms with Crippen molar-refractivity contribution >= 4 is 33.4 Å². The summed E-state index contributed by atoms with van der Waals surface area (Å²) in [4.78, 5) is 24.5. The van der Waals surface area contributed by atoms with E-state index in [1.807, 2.05) is 12.1 Å². The summed E-state index contributed by atoms with van der Waals surface area (Å²) < 4.78 is 38.3. The Kier molecular flexibility index (Phi) is 8.05. The molecule has 0 aliphatic carbocycles. The summed E-state index contributed by atoms with van der Waals surface area (Å²) in [5.41, 5.74) is 1.51. The van der Waals surface area contributed by atoms with Crippen LogP contribution in [-0.2, 0) is 19.5 Å². The number of esters is 1. The van der Waals surface area contributed by atoms with Gasteiger partial charge in [-0.05, 0) is 42.5 Å². The second-order valence-corrected chi connectivity index (χ2v) is 10.1. The lowest BCUT2D eigenvalue weighted by molar-refractivity contribution is 0.0474. The van der Waals surface area contributed by atoms with Crippen molar-refractivity contribution in [2.24, 2.45) is 0 Å². The van der Waals surface area contributed by atoms with Crippen LogP contribution in [0.2, 0.25) is 5.02 Å². The van der Waals surface area contributed by atoms with Crippen LogP contribution in [-0.4, -0.2) is 46.0 Å². The van der Waals surface area contributed by atoms with Gasteiger partial charge in [0.15, 0.2) is 12.4 Å². The molecule has 2 aromatic carbocycles. The Balaban J connectivity index is 1.64. The zero-order valence-corrected chi connectivity index (χ0v) is 19.5. The van der Waals surface area contributed by atoms with E-state index in [-0.39, 0.29) is 33.9 Å².